The number of esters is 2. The van der Waals surface area contributed by atoms with Crippen LogP contribution in [0.25, 0.3) is 0 Å². The zero-order valence-electron chi connectivity index (χ0n) is 55.3. The topological polar surface area (TPSA) is 369 Å². The number of primary amides is 1. The number of nitrogens with two attached hydrogens (primary N) is 1. The molecule has 101 heavy (non-hydrogen) atoms. The third kappa shape index (κ3) is 14.2. The molecule has 0 aromatic heterocycles. The Morgan fingerprint density at radius 1 is 0.475 bits per heavy atom. The number of nitrogens with one attached hydrogen (secondary N) is 5. The van der Waals surface area contributed by atoms with Gasteiger partial charge in [0.25, 0.3) is 17.7 Å². The highest BCUT2D eigenvalue weighted by atomic mass is 16.6. The van der Waals surface area contributed by atoms with Crippen LogP contribution in [0, 0.1) is 0 Å². The molecule has 25 nitrogen and oxygen atoms in total. The number of benzene rings is 8. The largest absolute Gasteiger partial charge is 0.508 e. The van der Waals surface area contributed by atoms with Crippen LogP contribution in [0.3, 0.4) is 0 Å². The lowest BCUT2D eigenvalue weighted by molar-refractivity contribution is -0.129. The molecule has 4 heterocycles. The Morgan fingerprint density at radius 2 is 0.881 bits per heavy atom. The highest BCUT2D eigenvalue weighted by Crippen LogP contribution is 2.59. The predicted octanol–water partition coefficient (Wildman–Crippen LogP) is 10.1. The summed E-state index contributed by atoms with van der Waals surface area (Å²) in [4.78, 5) is 113. The lowest BCUT2D eigenvalue weighted by atomic mass is 9.77. The van der Waals surface area contributed by atoms with Gasteiger partial charge in [0.15, 0.2) is 17.0 Å². The van der Waals surface area contributed by atoms with Gasteiger partial charge in [0.1, 0.15) is 52.0 Å². The average molecular weight is 1370 g/mol. The molecule has 11 N–H and O–H groups in total. The van der Waals surface area contributed by atoms with Gasteiger partial charge in [-0.3, -0.25) is 34.1 Å². The summed E-state index contributed by atoms with van der Waals surface area (Å²) in [6.07, 6.45) is 3.00. The SMILES string of the molecule is CCCC[C@H](NC(=O)[C@@H](CCCCNC(=O)c1ccc(/N=N/c2ccc(N(C)C)cc2)cc1)NCC(=O)[C@H](CCCCNC(=O)c1ccc2c(c1)C(=O)OC21c2ccc(O)cc2Oc2cc(O)ccc21)NC(=O)c1ccc2c(c1)C(=O)OC21c2ccc(O)cc2Oc2cc(O)ccc21)C(N)=O. The minimum absolute atomic E-state index is 0.0102. The molecule has 2 spiro atoms. The van der Waals surface area contributed by atoms with Gasteiger partial charge in [-0.1, -0.05) is 31.9 Å². The Morgan fingerprint density at radius 3 is 1.33 bits per heavy atom. The van der Waals surface area contributed by atoms with Crippen molar-refractivity contribution in [1.82, 2.24) is 26.6 Å². The normalized spacial score (nSPS) is 14.6. The van der Waals surface area contributed by atoms with E-state index in [2.05, 4.69) is 36.8 Å². The van der Waals surface area contributed by atoms with Crippen molar-refractivity contribution in [2.75, 3.05) is 38.6 Å². The van der Waals surface area contributed by atoms with Gasteiger partial charge in [-0.05, 0) is 166 Å². The number of azo groups is 1. The summed E-state index contributed by atoms with van der Waals surface area (Å²) in [6.45, 7) is 1.76. The van der Waals surface area contributed by atoms with Crippen LogP contribution < -0.4 is 46.7 Å². The summed E-state index contributed by atoms with van der Waals surface area (Å²) in [7, 11) is 3.89. The molecule has 25 heteroatoms. The number of amides is 5. The molecule has 4 aliphatic heterocycles. The quantitative estimate of drug-likeness (QED) is 0.0130. The summed E-state index contributed by atoms with van der Waals surface area (Å²) < 4.78 is 24.6. The van der Waals surface area contributed by atoms with E-state index in [4.69, 9.17) is 24.7 Å². The molecular weight excluding hydrogens is 1290 g/mol. The fourth-order valence-corrected chi connectivity index (χ4v) is 13.1. The van der Waals surface area contributed by atoms with Gasteiger partial charge in [-0.2, -0.15) is 10.2 Å². The highest BCUT2D eigenvalue weighted by molar-refractivity contribution is 6.04. The average Bonchev–Trinajstić information content (AvgIpc) is 1.61. The molecule has 0 unspecified atom stereocenters. The fraction of sp³-hybridized carbons (Fsp3) is 0.263. The molecule has 12 rings (SSSR count). The third-order valence-corrected chi connectivity index (χ3v) is 18.3. The maximum atomic E-state index is 14.7. The fourth-order valence-electron chi connectivity index (χ4n) is 13.1. The number of nitrogens with zero attached hydrogens (tertiary/aromatic N) is 3. The first kappa shape index (κ1) is 68.8. The second kappa shape index (κ2) is 29.1. The molecule has 0 aliphatic carbocycles. The molecule has 518 valence electrons. The molecule has 0 radical (unpaired) electrons. The van der Waals surface area contributed by atoms with E-state index >= 15 is 0 Å². The molecule has 3 atom stereocenters. The first-order valence-corrected chi connectivity index (χ1v) is 33.1. The van der Waals surface area contributed by atoms with Gasteiger partial charge in [0.05, 0.1) is 41.1 Å². The lowest BCUT2D eigenvalue weighted by Gasteiger charge is -2.36. The number of carbonyl (C=O) groups is 8. The minimum Gasteiger partial charge on any atom is -0.508 e. The van der Waals surface area contributed by atoms with Crippen molar-refractivity contribution < 1.29 is 77.7 Å². The summed E-state index contributed by atoms with van der Waals surface area (Å²) in [5.41, 5.74) is 7.67. The van der Waals surface area contributed by atoms with E-state index in [1.807, 2.05) is 50.2 Å². The number of hydrogen-bond acceptors (Lipinski definition) is 20. The van der Waals surface area contributed by atoms with Gasteiger partial charge < -0.3 is 71.3 Å². The van der Waals surface area contributed by atoms with Crippen molar-refractivity contribution in [1.29, 1.82) is 0 Å². The zero-order valence-corrected chi connectivity index (χ0v) is 55.3. The van der Waals surface area contributed by atoms with E-state index in [1.165, 1.54) is 72.8 Å². The van der Waals surface area contributed by atoms with Crippen LogP contribution in [0.2, 0.25) is 0 Å². The van der Waals surface area contributed by atoms with Crippen molar-refractivity contribution in [3.05, 3.63) is 219 Å². The smallest absolute Gasteiger partial charge is 0.340 e. The maximum Gasteiger partial charge on any atom is 0.340 e. The number of Topliss-reactive ketones (excluding diaryl/α,β-unsaturated/α-hetero) is 1. The third-order valence-electron chi connectivity index (χ3n) is 18.3. The molecule has 0 saturated heterocycles. The van der Waals surface area contributed by atoms with E-state index in [0.717, 1.165) is 5.69 Å². The van der Waals surface area contributed by atoms with Gasteiger partial charge in [-0.25, -0.2) is 9.59 Å². The molecule has 0 fully saturated rings. The number of carbonyl (C=O) groups excluding carboxylic acids is 8. The molecule has 5 amide bonds. The monoisotopic (exact) mass is 1370 g/mol. The molecule has 8 aromatic carbocycles. The van der Waals surface area contributed by atoms with Gasteiger partial charge >= 0.3 is 11.9 Å². The molecule has 4 aliphatic rings. The zero-order chi connectivity index (χ0) is 71.3. The summed E-state index contributed by atoms with van der Waals surface area (Å²) in [6, 6.07) is 37.2. The van der Waals surface area contributed by atoms with Gasteiger partial charge in [0.2, 0.25) is 11.8 Å². The van der Waals surface area contributed by atoms with Crippen LogP contribution in [-0.2, 0) is 35.1 Å². The number of unbranched alkanes of at least 4 members (excludes halogenated alkanes) is 3. The second-order valence-electron chi connectivity index (χ2n) is 25.3. The number of rotatable bonds is 27. The van der Waals surface area contributed by atoms with Crippen LogP contribution in [0.5, 0.6) is 46.0 Å². The standard InChI is InChI=1S/C76H73N9O16/c1-4-5-10-61(68(77)91)82-72(95)62(12-7-9-33-78-69(92)42-13-17-45(18-14-42)83-84-46-19-21-47(22-20-46)85(2)3)80-41-63(90)60(81-71(94)44-16-28-55-53(36-44)74(97)101-76(55)58-31-25-50(88)39-66(58)99-67-40-51(89)26-32-59(67)76)11-6-8-34-79-70(93)43-15-27-54-52(35-43)73(96)100-75(54)56-29-23-48(86)37-64(56)98-65-38-49(87)24-30-57(65)75/h13-32,35-40,60-62,80,86-89H,4-12,33-34,41H2,1-3H3,(H2,77,91)(H,78,92)(H,79,93)(H,81,94)(H,82,95)/b84-83+/t60-,61-,62+/m0/s1. The van der Waals surface area contributed by atoms with Crippen LogP contribution in [0.15, 0.2) is 168 Å². The van der Waals surface area contributed by atoms with E-state index in [9.17, 15) is 58.8 Å². The number of phenolic OH excluding ortho intramolecular Hbond substituents is 4. The van der Waals surface area contributed by atoms with Crippen molar-refractivity contribution in [3.63, 3.8) is 0 Å². The Bertz CT molecular complexity index is 4530. The number of aromatic hydroxyl groups is 4. The van der Waals surface area contributed by atoms with E-state index < -0.39 is 77.2 Å². The highest BCUT2D eigenvalue weighted by Gasteiger charge is 2.55. The van der Waals surface area contributed by atoms with Crippen LogP contribution in [0.1, 0.15) is 150 Å². The minimum atomic E-state index is -1.63. The van der Waals surface area contributed by atoms with Crippen LogP contribution in [-0.4, -0.2) is 120 Å². The number of hydrogen-bond donors (Lipinski definition) is 10. The van der Waals surface area contributed by atoms with Gasteiger partial charge in [-0.15, -0.1) is 0 Å². The molecule has 8 aromatic rings. The number of fused-ring (bicyclic) bond motifs is 12. The Kier molecular flexibility index (Phi) is 19.9. The summed E-state index contributed by atoms with van der Waals surface area (Å²) in [5, 5.41) is 64.6. The van der Waals surface area contributed by atoms with Crippen LogP contribution >= 0.6 is 0 Å². The Balaban J connectivity index is 0.740. The molecule has 0 saturated carbocycles. The number of ether oxygens (including phenoxy) is 4. The number of anilines is 1. The van der Waals surface area contributed by atoms with Crippen molar-refractivity contribution >= 4 is 64.3 Å². The maximum absolute atomic E-state index is 14.7. The van der Waals surface area contributed by atoms with Crippen LogP contribution in [0.4, 0.5) is 17.1 Å². The Hall–Kier alpha value is -12.1. The summed E-state index contributed by atoms with van der Waals surface area (Å²) >= 11 is 0. The number of phenols is 4. The lowest BCUT2D eigenvalue weighted by Crippen LogP contribution is -2.53. The Labute approximate surface area is 579 Å². The predicted molar refractivity (Wildman–Crippen MR) is 369 cm³/mol. The van der Waals surface area contributed by atoms with Crippen molar-refractivity contribution in [2.45, 2.75) is 94.0 Å². The number of ketones is 1. The van der Waals surface area contributed by atoms with Gasteiger partial charge in [0, 0.05) is 107 Å². The van der Waals surface area contributed by atoms with Crippen molar-refractivity contribution in [2.24, 2.45) is 16.0 Å². The van der Waals surface area contributed by atoms with Crippen molar-refractivity contribution in [3.8, 4) is 46.0 Å². The van der Waals surface area contributed by atoms with E-state index in [-0.39, 0.29) is 119 Å². The van der Waals surface area contributed by atoms with E-state index in [1.54, 1.807) is 60.7 Å². The first-order valence-electron chi connectivity index (χ1n) is 33.1. The second-order valence-corrected chi connectivity index (χ2v) is 25.3. The van der Waals surface area contributed by atoms with E-state index in [0.29, 0.717) is 76.0 Å². The first-order chi connectivity index (χ1) is 48.6. The molecular formula is C76H73N9O16. The summed E-state index contributed by atoms with van der Waals surface area (Å²) in [5.74, 6) is -4.87. The molecule has 0 bridgehead atoms.